The topological polar surface area (TPSA) is 61.8 Å². The van der Waals surface area contributed by atoms with Crippen LogP contribution in [-0.2, 0) is 4.79 Å². The molecule has 2 aromatic rings. The number of carbonyl (C=O) groups excluding carboxylic acids is 1. The van der Waals surface area contributed by atoms with Gasteiger partial charge in [-0.2, -0.15) is 0 Å². The molecular formula is C34H42N2O3S. The summed E-state index contributed by atoms with van der Waals surface area (Å²) in [5.74, 6) is 2.17. The van der Waals surface area contributed by atoms with Gasteiger partial charge in [0.1, 0.15) is 11.5 Å². The molecule has 0 aliphatic carbocycles. The van der Waals surface area contributed by atoms with Crippen molar-refractivity contribution in [3.8, 4) is 16.9 Å². The number of aliphatic hydroxyl groups is 1. The van der Waals surface area contributed by atoms with Crippen LogP contribution in [0, 0.1) is 5.92 Å². The minimum absolute atomic E-state index is 0.111. The van der Waals surface area contributed by atoms with Crippen LogP contribution in [0.4, 0.5) is 5.69 Å². The van der Waals surface area contributed by atoms with E-state index in [1.54, 1.807) is 12.2 Å². The summed E-state index contributed by atoms with van der Waals surface area (Å²) in [5, 5.41) is 13.7. The molecule has 2 aromatic carbocycles. The summed E-state index contributed by atoms with van der Waals surface area (Å²) in [6.07, 6.45) is 11.3. The number of allylic oxidation sites excluding steroid dienone is 5. The maximum absolute atomic E-state index is 11.8. The van der Waals surface area contributed by atoms with Crippen LogP contribution in [0.3, 0.4) is 0 Å². The van der Waals surface area contributed by atoms with E-state index in [1.165, 1.54) is 12.5 Å². The standard InChI is InChI=1S/C32H38N2O3S.C2H4/c1-4-9-25(38)21-34-17-8-11-23(16-18-34)28-20-32(30(36)10-5-2)37-31-19-24(14-15-27(28)31)26-12-6-7-13-29(26)33-22(3)35;1-2/h4-7,9-10,12-15,19,23,28,36,38H,1,8,11,16-18,20-21H2,2-3H3,(H,33,35);1-2H2/b10-5-,25-9-,32-30-;. The number of thiol groups is 1. The fourth-order valence-electron chi connectivity index (χ4n) is 5.60. The van der Waals surface area contributed by atoms with Gasteiger partial charge in [-0.3, -0.25) is 9.69 Å². The molecule has 2 aliphatic heterocycles. The van der Waals surface area contributed by atoms with Crippen LogP contribution >= 0.6 is 12.6 Å². The van der Waals surface area contributed by atoms with E-state index in [0.717, 1.165) is 66.4 Å². The van der Waals surface area contributed by atoms with Gasteiger partial charge in [-0.25, -0.2) is 0 Å². The molecule has 4 rings (SSSR count). The zero-order valence-corrected chi connectivity index (χ0v) is 24.6. The van der Waals surface area contributed by atoms with Crippen molar-refractivity contribution in [3.63, 3.8) is 0 Å². The SMILES string of the molecule is C=C.C=C/C=C(\S)CN1CCCC(C2C/C(=C(O)\C=C/C)Oc3cc(-c4ccccc4NC(C)=O)ccc32)CC1. The molecule has 2 heterocycles. The molecule has 0 saturated carbocycles. The first kappa shape index (κ1) is 31.1. The van der Waals surface area contributed by atoms with Crippen LogP contribution in [-0.4, -0.2) is 35.5 Å². The zero-order chi connectivity index (χ0) is 29.1. The number of fused-ring (bicyclic) bond motifs is 1. The Morgan fingerprint density at radius 3 is 2.70 bits per heavy atom. The second-order valence-corrected chi connectivity index (χ2v) is 10.6. The monoisotopic (exact) mass is 558 g/mol. The fourth-order valence-corrected chi connectivity index (χ4v) is 5.91. The number of benzene rings is 2. The minimum Gasteiger partial charge on any atom is -0.504 e. The summed E-state index contributed by atoms with van der Waals surface area (Å²) < 4.78 is 6.34. The van der Waals surface area contributed by atoms with Crippen molar-refractivity contribution in [2.24, 2.45) is 5.92 Å². The number of carbonyl (C=O) groups is 1. The Kier molecular flexibility index (Phi) is 11.9. The van der Waals surface area contributed by atoms with Gasteiger partial charge in [0.2, 0.25) is 5.91 Å². The van der Waals surface area contributed by atoms with Crippen LogP contribution in [0.25, 0.3) is 11.1 Å². The van der Waals surface area contributed by atoms with Gasteiger partial charge in [0.05, 0.1) is 0 Å². The van der Waals surface area contributed by atoms with Gasteiger partial charge in [-0.05, 0) is 85.4 Å². The van der Waals surface area contributed by atoms with E-state index >= 15 is 0 Å². The molecule has 5 nitrogen and oxygen atoms in total. The van der Waals surface area contributed by atoms with E-state index in [9.17, 15) is 9.90 Å². The van der Waals surface area contributed by atoms with Crippen LogP contribution in [0.15, 0.2) is 103 Å². The van der Waals surface area contributed by atoms with E-state index in [-0.39, 0.29) is 17.6 Å². The number of hydrogen-bond acceptors (Lipinski definition) is 5. The molecule has 2 unspecified atom stereocenters. The third-order valence-corrected chi connectivity index (χ3v) is 7.63. The molecule has 6 heteroatoms. The fraction of sp³-hybridized carbons (Fsp3) is 0.324. The summed E-state index contributed by atoms with van der Waals surface area (Å²) in [4.78, 5) is 15.3. The van der Waals surface area contributed by atoms with Gasteiger partial charge in [-0.15, -0.1) is 25.8 Å². The molecule has 0 radical (unpaired) electrons. The number of rotatable bonds is 7. The molecule has 1 amide bonds. The van der Waals surface area contributed by atoms with E-state index < -0.39 is 0 Å². The van der Waals surface area contributed by atoms with Gasteiger partial charge in [0.15, 0.2) is 5.76 Å². The number of anilines is 1. The van der Waals surface area contributed by atoms with Crippen molar-refractivity contribution >= 4 is 24.2 Å². The number of nitrogens with zero attached hydrogens (tertiary/aromatic N) is 1. The largest absolute Gasteiger partial charge is 0.504 e. The molecule has 2 N–H and O–H groups in total. The maximum atomic E-state index is 11.8. The molecular weight excluding hydrogens is 516 g/mol. The predicted octanol–water partition coefficient (Wildman–Crippen LogP) is 8.43. The summed E-state index contributed by atoms with van der Waals surface area (Å²) in [6.45, 7) is 16.1. The highest BCUT2D eigenvalue weighted by Crippen LogP contribution is 2.47. The van der Waals surface area contributed by atoms with Crippen LogP contribution in [0.2, 0.25) is 0 Å². The second kappa shape index (κ2) is 15.3. The van der Waals surface area contributed by atoms with Crippen molar-refractivity contribution in [1.29, 1.82) is 0 Å². The molecule has 2 aliphatic rings. The van der Waals surface area contributed by atoms with Gasteiger partial charge in [0, 0.05) is 31.1 Å². The van der Waals surface area contributed by atoms with E-state index in [0.29, 0.717) is 18.1 Å². The lowest BCUT2D eigenvalue weighted by molar-refractivity contribution is -0.114. The van der Waals surface area contributed by atoms with Crippen molar-refractivity contribution < 1.29 is 14.6 Å². The molecule has 2 atom stereocenters. The molecule has 0 spiro atoms. The van der Waals surface area contributed by atoms with Crippen molar-refractivity contribution in [3.05, 3.63) is 108 Å². The lowest BCUT2D eigenvalue weighted by Crippen LogP contribution is -2.27. The highest BCUT2D eigenvalue weighted by molar-refractivity contribution is 7.84. The first-order valence-corrected chi connectivity index (χ1v) is 14.3. The van der Waals surface area contributed by atoms with E-state index in [1.807, 2.05) is 49.4 Å². The number of hydrogen-bond donors (Lipinski definition) is 3. The van der Waals surface area contributed by atoms with E-state index in [4.69, 9.17) is 4.74 Å². The van der Waals surface area contributed by atoms with Crippen molar-refractivity contribution in [1.82, 2.24) is 4.90 Å². The van der Waals surface area contributed by atoms with Gasteiger partial charge < -0.3 is 15.2 Å². The minimum atomic E-state index is -0.111. The molecule has 0 bridgehead atoms. The van der Waals surface area contributed by atoms with E-state index in [2.05, 4.69) is 54.7 Å². The van der Waals surface area contributed by atoms with Gasteiger partial charge in [0.25, 0.3) is 0 Å². The van der Waals surface area contributed by atoms with Crippen molar-refractivity contribution in [2.45, 2.75) is 45.4 Å². The molecule has 40 heavy (non-hydrogen) atoms. The average Bonchev–Trinajstić information content (AvgIpc) is 3.19. The quantitative estimate of drug-likeness (QED) is 0.138. The first-order chi connectivity index (χ1) is 19.4. The zero-order valence-electron chi connectivity index (χ0n) is 23.7. The van der Waals surface area contributed by atoms with Crippen LogP contribution in [0.1, 0.15) is 51.0 Å². The number of likely N-dealkylation sites (tertiary alicyclic amines) is 1. The molecule has 1 saturated heterocycles. The lowest BCUT2D eigenvalue weighted by Gasteiger charge is -2.33. The number of para-hydroxylation sites is 1. The smallest absolute Gasteiger partial charge is 0.221 e. The number of amides is 1. The summed E-state index contributed by atoms with van der Waals surface area (Å²) in [5.41, 5.74) is 3.83. The van der Waals surface area contributed by atoms with Gasteiger partial charge in [-0.1, -0.05) is 55.1 Å². The number of aliphatic hydroxyl groups excluding tert-OH is 1. The third kappa shape index (κ3) is 8.03. The number of ether oxygens (including phenoxy) is 1. The Morgan fingerprint density at radius 1 is 1.20 bits per heavy atom. The Morgan fingerprint density at radius 2 is 1.98 bits per heavy atom. The second-order valence-electron chi connectivity index (χ2n) is 10.1. The normalized spacial score (nSPS) is 20.8. The van der Waals surface area contributed by atoms with Crippen LogP contribution < -0.4 is 10.1 Å². The summed E-state index contributed by atoms with van der Waals surface area (Å²) >= 11 is 4.60. The Hall–Kier alpha value is -3.48. The Bertz CT molecular complexity index is 1280. The molecule has 0 aromatic heterocycles. The third-order valence-electron chi connectivity index (χ3n) is 7.34. The summed E-state index contributed by atoms with van der Waals surface area (Å²) in [6, 6.07) is 14.1. The van der Waals surface area contributed by atoms with Crippen LogP contribution in [0.5, 0.6) is 5.75 Å². The highest BCUT2D eigenvalue weighted by Gasteiger charge is 2.34. The Balaban J connectivity index is 0.00000216. The summed E-state index contributed by atoms with van der Waals surface area (Å²) in [7, 11) is 0. The predicted molar refractivity (Wildman–Crippen MR) is 171 cm³/mol. The number of nitrogens with one attached hydrogen (secondary N) is 1. The maximum Gasteiger partial charge on any atom is 0.221 e. The molecule has 1 fully saturated rings. The van der Waals surface area contributed by atoms with Crippen molar-refractivity contribution in [2.75, 3.05) is 25.0 Å². The first-order valence-electron chi connectivity index (χ1n) is 13.9. The lowest BCUT2D eigenvalue weighted by atomic mass is 9.77. The Labute approximate surface area is 245 Å². The highest BCUT2D eigenvalue weighted by atomic mass is 32.1. The average molecular weight is 559 g/mol. The molecule has 212 valence electrons. The van der Waals surface area contributed by atoms with Gasteiger partial charge >= 0.3 is 0 Å².